The molecule has 0 aromatic carbocycles. The van der Waals surface area contributed by atoms with Gasteiger partial charge >= 0.3 is 23.9 Å². The molecule has 1 aliphatic heterocycles. The summed E-state index contributed by atoms with van der Waals surface area (Å²) in [4.78, 5) is 44.5. The first-order valence-electron chi connectivity index (χ1n) is 10.4. The van der Waals surface area contributed by atoms with Crippen molar-refractivity contribution in [3.63, 3.8) is 0 Å². The van der Waals surface area contributed by atoms with Gasteiger partial charge in [0.05, 0.1) is 39.6 Å². The molecule has 1 rings (SSSR count). The van der Waals surface area contributed by atoms with Crippen LogP contribution in [0.3, 0.4) is 0 Å². The average molecular weight is 480 g/mol. The summed E-state index contributed by atoms with van der Waals surface area (Å²) in [5, 5.41) is 8.43. The summed E-state index contributed by atoms with van der Waals surface area (Å²) in [6.45, 7) is 4.44. The summed E-state index contributed by atoms with van der Waals surface area (Å²) in [5.41, 5.74) is 0. The maximum atomic E-state index is 11.5. The maximum absolute atomic E-state index is 11.5. The van der Waals surface area contributed by atoms with Crippen molar-refractivity contribution >= 4 is 23.9 Å². The van der Waals surface area contributed by atoms with Gasteiger partial charge in [0, 0.05) is 27.2 Å². The standard InChI is InChI=1S/C20H32O13/c1-13(21)30-11-17-20(32-15(3)23)16(31-14(2)22)10-19(33-17)29-9-8-27-5-4-26-6-7-28-12-18(24)25/h16-17,19-20H,4-12H2,1-3H3,(H,24,25)/t16-,17-,19-,20-/m1/s1. The van der Waals surface area contributed by atoms with Gasteiger partial charge in [0.25, 0.3) is 0 Å². The molecule has 13 nitrogen and oxygen atoms in total. The van der Waals surface area contributed by atoms with E-state index in [0.717, 1.165) is 0 Å². The number of rotatable bonds is 16. The molecule has 0 aromatic rings. The first kappa shape index (κ1) is 28.7. The van der Waals surface area contributed by atoms with Gasteiger partial charge < -0.3 is 43.0 Å². The van der Waals surface area contributed by atoms with Gasteiger partial charge in [0.1, 0.15) is 25.4 Å². The molecule has 1 heterocycles. The minimum absolute atomic E-state index is 0.105. The van der Waals surface area contributed by atoms with Crippen molar-refractivity contribution in [1.82, 2.24) is 0 Å². The lowest BCUT2D eigenvalue weighted by atomic mass is 10.0. The van der Waals surface area contributed by atoms with Crippen molar-refractivity contribution in [2.75, 3.05) is 52.9 Å². The highest BCUT2D eigenvalue weighted by atomic mass is 16.7. The zero-order chi connectivity index (χ0) is 24.6. The fraction of sp³-hybridized carbons (Fsp3) is 0.800. The number of carbonyl (C=O) groups is 4. The molecule has 0 aliphatic carbocycles. The minimum Gasteiger partial charge on any atom is -0.480 e. The molecule has 190 valence electrons. The normalized spacial score (nSPS) is 22.4. The SMILES string of the molecule is CC(=O)OC[C@H]1O[C@@H](OCCOCCOCCOCC(=O)O)C[C@@H](OC(C)=O)[C@H]1OC(C)=O. The minimum atomic E-state index is -1.04. The van der Waals surface area contributed by atoms with Gasteiger partial charge in [-0.2, -0.15) is 0 Å². The molecule has 0 aromatic heterocycles. The highest BCUT2D eigenvalue weighted by molar-refractivity contribution is 5.68. The van der Waals surface area contributed by atoms with Crippen LogP contribution >= 0.6 is 0 Å². The molecule has 0 spiro atoms. The number of esters is 3. The van der Waals surface area contributed by atoms with E-state index in [4.69, 9.17) is 43.0 Å². The molecule has 0 bridgehead atoms. The highest BCUT2D eigenvalue weighted by Gasteiger charge is 2.44. The van der Waals surface area contributed by atoms with Crippen molar-refractivity contribution in [3.8, 4) is 0 Å². The average Bonchev–Trinajstić information content (AvgIpc) is 2.71. The van der Waals surface area contributed by atoms with Crippen LogP contribution in [-0.2, 0) is 57.1 Å². The second kappa shape index (κ2) is 16.3. The fourth-order valence-electron chi connectivity index (χ4n) is 2.84. The van der Waals surface area contributed by atoms with Crippen LogP contribution < -0.4 is 0 Å². The Balaban J connectivity index is 2.40. The molecule has 0 saturated carbocycles. The molecule has 1 N–H and O–H groups in total. The monoisotopic (exact) mass is 480 g/mol. The van der Waals surface area contributed by atoms with Crippen LogP contribution in [0, 0.1) is 0 Å². The summed E-state index contributed by atoms with van der Waals surface area (Å²) in [6.07, 6.45) is -3.40. The van der Waals surface area contributed by atoms with Gasteiger partial charge in [-0.05, 0) is 0 Å². The lowest BCUT2D eigenvalue weighted by Gasteiger charge is -2.39. The van der Waals surface area contributed by atoms with Crippen molar-refractivity contribution in [2.24, 2.45) is 0 Å². The van der Waals surface area contributed by atoms with Crippen molar-refractivity contribution in [2.45, 2.75) is 51.8 Å². The predicted molar refractivity (Wildman–Crippen MR) is 107 cm³/mol. The molecule has 0 amide bonds. The molecule has 1 saturated heterocycles. The second-order valence-electron chi connectivity index (χ2n) is 6.91. The lowest BCUT2D eigenvalue weighted by Crippen LogP contribution is -2.54. The highest BCUT2D eigenvalue weighted by Crippen LogP contribution is 2.27. The smallest absolute Gasteiger partial charge is 0.329 e. The summed E-state index contributed by atoms with van der Waals surface area (Å²) in [7, 11) is 0. The quantitative estimate of drug-likeness (QED) is 0.174. The van der Waals surface area contributed by atoms with Crippen LogP contribution in [0.5, 0.6) is 0 Å². The number of carbonyl (C=O) groups excluding carboxylic acids is 3. The number of aliphatic carboxylic acids is 1. The van der Waals surface area contributed by atoms with Crippen LogP contribution in [-0.4, -0.2) is 106 Å². The molecular formula is C20H32O13. The Hall–Kier alpha value is -2.32. The Morgan fingerprint density at radius 1 is 0.818 bits per heavy atom. The molecule has 1 aliphatic rings. The number of carboxylic acid groups (broad SMARTS) is 1. The van der Waals surface area contributed by atoms with E-state index in [-0.39, 0.29) is 52.7 Å². The summed E-state index contributed by atoms with van der Waals surface area (Å²) in [6, 6.07) is 0. The van der Waals surface area contributed by atoms with Crippen molar-refractivity contribution in [3.05, 3.63) is 0 Å². The Morgan fingerprint density at radius 2 is 1.39 bits per heavy atom. The van der Waals surface area contributed by atoms with E-state index in [0.29, 0.717) is 6.61 Å². The Kier molecular flexibility index (Phi) is 14.2. The molecule has 0 radical (unpaired) electrons. The third-order valence-corrected chi connectivity index (χ3v) is 4.06. The molecule has 33 heavy (non-hydrogen) atoms. The first-order valence-corrected chi connectivity index (χ1v) is 10.4. The van der Waals surface area contributed by atoms with Crippen LogP contribution in [0.15, 0.2) is 0 Å². The van der Waals surface area contributed by atoms with Crippen LogP contribution in [0.2, 0.25) is 0 Å². The number of hydrogen-bond donors (Lipinski definition) is 1. The van der Waals surface area contributed by atoms with Gasteiger partial charge in [-0.1, -0.05) is 0 Å². The van der Waals surface area contributed by atoms with Crippen molar-refractivity contribution in [1.29, 1.82) is 0 Å². The summed E-state index contributed by atoms with van der Waals surface area (Å²) >= 11 is 0. The van der Waals surface area contributed by atoms with Crippen LogP contribution in [0.4, 0.5) is 0 Å². The van der Waals surface area contributed by atoms with Gasteiger partial charge in [0.15, 0.2) is 12.4 Å². The van der Waals surface area contributed by atoms with E-state index in [1.807, 2.05) is 0 Å². The third kappa shape index (κ3) is 13.7. The lowest BCUT2D eigenvalue weighted by molar-refractivity contribution is -0.267. The van der Waals surface area contributed by atoms with Gasteiger partial charge in [0.2, 0.25) is 0 Å². The van der Waals surface area contributed by atoms with E-state index in [9.17, 15) is 19.2 Å². The van der Waals surface area contributed by atoms with Crippen LogP contribution in [0.25, 0.3) is 0 Å². The zero-order valence-corrected chi connectivity index (χ0v) is 19.0. The molecule has 4 atom stereocenters. The van der Waals surface area contributed by atoms with E-state index in [1.54, 1.807) is 0 Å². The number of hydrogen-bond acceptors (Lipinski definition) is 12. The molecule has 13 heteroatoms. The van der Waals surface area contributed by atoms with E-state index < -0.39 is 48.5 Å². The Labute approximate surface area is 191 Å². The van der Waals surface area contributed by atoms with Gasteiger partial charge in [-0.15, -0.1) is 0 Å². The Morgan fingerprint density at radius 3 is 1.94 bits per heavy atom. The number of carboxylic acids is 1. The number of ether oxygens (including phenoxy) is 8. The summed E-state index contributed by atoms with van der Waals surface area (Å²) in [5.74, 6) is -2.76. The third-order valence-electron chi connectivity index (χ3n) is 4.06. The van der Waals surface area contributed by atoms with E-state index in [1.165, 1.54) is 20.8 Å². The summed E-state index contributed by atoms with van der Waals surface area (Å²) < 4.78 is 42.3. The maximum Gasteiger partial charge on any atom is 0.329 e. The first-order chi connectivity index (χ1) is 15.7. The largest absolute Gasteiger partial charge is 0.480 e. The molecular weight excluding hydrogens is 448 g/mol. The van der Waals surface area contributed by atoms with Crippen LogP contribution in [0.1, 0.15) is 27.2 Å². The Bertz CT molecular complexity index is 623. The fourth-order valence-corrected chi connectivity index (χ4v) is 2.84. The van der Waals surface area contributed by atoms with Gasteiger partial charge in [-0.3, -0.25) is 14.4 Å². The van der Waals surface area contributed by atoms with E-state index in [2.05, 4.69) is 0 Å². The predicted octanol–water partition coefficient (Wildman–Crippen LogP) is -0.321. The molecule has 0 unspecified atom stereocenters. The second-order valence-corrected chi connectivity index (χ2v) is 6.91. The van der Waals surface area contributed by atoms with Crippen molar-refractivity contribution < 1.29 is 62.2 Å². The zero-order valence-electron chi connectivity index (χ0n) is 19.0. The van der Waals surface area contributed by atoms with Gasteiger partial charge in [-0.25, -0.2) is 4.79 Å². The molecule has 1 fully saturated rings. The van der Waals surface area contributed by atoms with E-state index >= 15 is 0 Å². The topological polar surface area (TPSA) is 162 Å².